The van der Waals surface area contributed by atoms with Crippen LogP contribution in [-0.2, 0) is 24.5 Å². The molecular formula is C17H32N2O5S2. The van der Waals surface area contributed by atoms with Crippen LogP contribution in [0, 0.1) is 0 Å². The number of carbonyl (C=O) groups excluding carboxylic acids is 1. The predicted octanol–water partition coefficient (Wildman–Crippen LogP) is 0.354. The summed E-state index contributed by atoms with van der Waals surface area (Å²) in [5.74, 6) is 0.724. The van der Waals surface area contributed by atoms with Crippen molar-refractivity contribution in [2.24, 2.45) is 0 Å². The summed E-state index contributed by atoms with van der Waals surface area (Å²) >= 11 is 0. The molecule has 9 heteroatoms. The zero-order valence-electron chi connectivity index (χ0n) is 15.9. The van der Waals surface area contributed by atoms with Gasteiger partial charge in [-0.3, -0.25) is 14.6 Å². The number of ketones is 1. The lowest BCUT2D eigenvalue weighted by Gasteiger charge is -2.30. The highest BCUT2D eigenvalue weighted by Gasteiger charge is 2.35. The fraction of sp³-hybridized carbons (Fsp3) is 0.941. The van der Waals surface area contributed by atoms with Crippen molar-refractivity contribution in [3.63, 3.8) is 0 Å². The molecule has 2 aliphatic rings. The van der Waals surface area contributed by atoms with Gasteiger partial charge < -0.3 is 0 Å². The van der Waals surface area contributed by atoms with Gasteiger partial charge in [0.25, 0.3) is 0 Å². The number of hydrogen-bond acceptors (Lipinski definition) is 7. The maximum absolute atomic E-state index is 12.7. The van der Waals surface area contributed by atoms with E-state index >= 15 is 0 Å². The molecule has 2 atom stereocenters. The van der Waals surface area contributed by atoms with Crippen LogP contribution < -0.4 is 0 Å². The first kappa shape index (κ1) is 21.8. The Morgan fingerprint density at radius 1 is 0.808 bits per heavy atom. The molecule has 0 radical (unpaired) electrons. The van der Waals surface area contributed by atoms with Gasteiger partial charge in [-0.1, -0.05) is 13.8 Å². The van der Waals surface area contributed by atoms with Crippen molar-refractivity contribution >= 4 is 25.5 Å². The summed E-state index contributed by atoms with van der Waals surface area (Å²) in [6.45, 7) is 5.94. The third kappa shape index (κ3) is 6.28. The van der Waals surface area contributed by atoms with Crippen molar-refractivity contribution in [1.82, 2.24) is 9.80 Å². The van der Waals surface area contributed by atoms with Crippen LogP contribution in [0.1, 0.15) is 39.5 Å². The molecule has 0 spiro atoms. The van der Waals surface area contributed by atoms with Crippen molar-refractivity contribution in [3.8, 4) is 0 Å². The van der Waals surface area contributed by atoms with Gasteiger partial charge in [0.15, 0.2) is 25.5 Å². The zero-order valence-corrected chi connectivity index (χ0v) is 17.5. The number of rotatable bonds is 10. The molecular weight excluding hydrogens is 376 g/mol. The van der Waals surface area contributed by atoms with E-state index in [0.717, 1.165) is 12.8 Å². The molecule has 0 saturated carbocycles. The number of nitrogens with zero attached hydrogens (tertiary/aromatic N) is 2. The number of carbonyl (C=O) groups is 1. The fourth-order valence-electron chi connectivity index (χ4n) is 3.99. The normalized spacial score (nSPS) is 27.4. The summed E-state index contributed by atoms with van der Waals surface area (Å²) in [5, 5.41) is 0. The van der Waals surface area contributed by atoms with Crippen LogP contribution in [0.2, 0.25) is 0 Å². The first-order valence-corrected chi connectivity index (χ1v) is 13.2. The summed E-state index contributed by atoms with van der Waals surface area (Å²) in [5.41, 5.74) is 0. The van der Waals surface area contributed by atoms with Gasteiger partial charge in [0.1, 0.15) is 0 Å². The van der Waals surface area contributed by atoms with E-state index in [-0.39, 0.29) is 54.0 Å². The Morgan fingerprint density at radius 3 is 1.46 bits per heavy atom. The van der Waals surface area contributed by atoms with E-state index in [0.29, 0.717) is 25.9 Å². The molecule has 7 nitrogen and oxygen atoms in total. The van der Waals surface area contributed by atoms with Crippen molar-refractivity contribution in [2.75, 3.05) is 49.2 Å². The molecule has 152 valence electrons. The minimum atomic E-state index is -2.98. The molecule has 2 fully saturated rings. The largest absolute Gasteiger partial charge is 0.297 e. The van der Waals surface area contributed by atoms with Gasteiger partial charge in [-0.2, -0.15) is 0 Å². The third-order valence-electron chi connectivity index (χ3n) is 5.23. The van der Waals surface area contributed by atoms with E-state index in [9.17, 15) is 21.6 Å². The van der Waals surface area contributed by atoms with E-state index in [1.807, 2.05) is 23.6 Å². The lowest BCUT2D eigenvalue weighted by molar-refractivity contribution is -0.122. The standard InChI is InChI=1S/C17H32N2O5S2/c1-3-7-18(15-5-9-25(21,22)13-15)11-17(20)12-19(8-4-2)16-6-10-26(23,24)14-16/h15-16H,3-14H2,1-2H3/t15-,16-/m1/s1. The van der Waals surface area contributed by atoms with E-state index in [4.69, 9.17) is 0 Å². The highest BCUT2D eigenvalue weighted by atomic mass is 32.2. The predicted molar refractivity (Wildman–Crippen MR) is 103 cm³/mol. The lowest BCUT2D eigenvalue weighted by atomic mass is 10.1. The Kier molecular flexibility index (Phi) is 7.64. The van der Waals surface area contributed by atoms with Crippen LogP contribution in [0.15, 0.2) is 0 Å². The van der Waals surface area contributed by atoms with E-state index < -0.39 is 19.7 Å². The highest BCUT2D eigenvalue weighted by molar-refractivity contribution is 7.91. The molecule has 0 amide bonds. The van der Waals surface area contributed by atoms with Crippen LogP contribution in [0.3, 0.4) is 0 Å². The summed E-state index contributed by atoms with van der Waals surface area (Å²) in [7, 11) is -5.96. The Balaban J connectivity index is 1.96. The molecule has 2 saturated heterocycles. The minimum Gasteiger partial charge on any atom is -0.297 e. The first-order chi connectivity index (χ1) is 12.2. The lowest BCUT2D eigenvalue weighted by Crippen LogP contribution is -2.46. The molecule has 0 unspecified atom stereocenters. The zero-order chi connectivity index (χ0) is 19.4. The molecule has 26 heavy (non-hydrogen) atoms. The van der Waals surface area contributed by atoms with Gasteiger partial charge in [-0.25, -0.2) is 16.8 Å². The van der Waals surface area contributed by atoms with Gasteiger partial charge in [-0.05, 0) is 38.8 Å². The smallest absolute Gasteiger partial charge is 0.160 e. The fourth-order valence-corrected chi connectivity index (χ4v) is 7.51. The second-order valence-corrected chi connectivity index (χ2v) is 12.1. The highest BCUT2D eigenvalue weighted by Crippen LogP contribution is 2.20. The van der Waals surface area contributed by atoms with Gasteiger partial charge in [0, 0.05) is 12.1 Å². The van der Waals surface area contributed by atoms with Crippen LogP contribution in [0.5, 0.6) is 0 Å². The Morgan fingerprint density at radius 2 is 1.19 bits per heavy atom. The first-order valence-electron chi connectivity index (χ1n) is 9.56. The summed E-state index contributed by atoms with van der Waals surface area (Å²) in [4.78, 5) is 16.7. The quantitative estimate of drug-likeness (QED) is 0.515. The van der Waals surface area contributed by atoms with Crippen molar-refractivity contribution < 1.29 is 21.6 Å². The second-order valence-electron chi connectivity index (χ2n) is 7.59. The molecule has 0 aromatic carbocycles. The Bertz CT molecular complexity index is 632. The summed E-state index contributed by atoms with van der Waals surface area (Å²) in [6.07, 6.45) is 2.91. The summed E-state index contributed by atoms with van der Waals surface area (Å²) < 4.78 is 47.0. The second kappa shape index (κ2) is 9.12. The number of Topliss-reactive ketones (excluding diaryl/α,β-unsaturated/α-hetero) is 1. The number of hydrogen-bond donors (Lipinski definition) is 0. The van der Waals surface area contributed by atoms with Gasteiger partial charge in [0.05, 0.1) is 36.1 Å². The molecule has 0 aliphatic carbocycles. The van der Waals surface area contributed by atoms with Crippen molar-refractivity contribution in [2.45, 2.75) is 51.6 Å². The molecule has 2 heterocycles. The number of sulfone groups is 2. The monoisotopic (exact) mass is 408 g/mol. The maximum atomic E-state index is 12.7. The maximum Gasteiger partial charge on any atom is 0.160 e. The molecule has 2 rings (SSSR count). The molecule has 0 aromatic heterocycles. The van der Waals surface area contributed by atoms with Crippen LogP contribution in [0.25, 0.3) is 0 Å². The minimum absolute atomic E-state index is 0.0421. The van der Waals surface area contributed by atoms with Crippen LogP contribution in [0.4, 0.5) is 0 Å². The van der Waals surface area contributed by atoms with Crippen molar-refractivity contribution in [1.29, 1.82) is 0 Å². The Labute approximate surface area is 157 Å². The van der Waals surface area contributed by atoms with Gasteiger partial charge in [-0.15, -0.1) is 0 Å². The average Bonchev–Trinajstić information content (AvgIpc) is 3.08. The topological polar surface area (TPSA) is 91.8 Å². The van der Waals surface area contributed by atoms with Gasteiger partial charge >= 0.3 is 0 Å². The van der Waals surface area contributed by atoms with Gasteiger partial charge in [0.2, 0.25) is 0 Å². The van der Waals surface area contributed by atoms with Crippen molar-refractivity contribution in [3.05, 3.63) is 0 Å². The Hall–Kier alpha value is -0.510. The summed E-state index contributed by atoms with van der Waals surface area (Å²) in [6, 6.07) is -0.147. The molecule has 0 aromatic rings. The SMILES string of the molecule is CCCN(CC(=O)CN(CCC)[C@@H]1CCS(=O)(=O)C1)[C@@H]1CCS(=O)(=O)C1. The van der Waals surface area contributed by atoms with Crippen LogP contribution >= 0.6 is 0 Å². The van der Waals surface area contributed by atoms with E-state index in [2.05, 4.69) is 0 Å². The van der Waals surface area contributed by atoms with Crippen LogP contribution in [-0.4, -0.2) is 93.7 Å². The molecule has 0 bridgehead atoms. The van der Waals surface area contributed by atoms with E-state index in [1.54, 1.807) is 0 Å². The molecule has 2 aliphatic heterocycles. The third-order valence-corrected chi connectivity index (χ3v) is 8.73. The average molecular weight is 409 g/mol. The van der Waals surface area contributed by atoms with E-state index in [1.165, 1.54) is 0 Å². The molecule has 0 N–H and O–H groups in total.